The molecule has 162 valence electrons. The van der Waals surface area contributed by atoms with Crippen molar-refractivity contribution in [2.45, 2.75) is 37.6 Å². The summed E-state index contributed by atoms with van der Waals surface area (Å²) in [5, 5.41) is 3.33. The van der Waals surface area contributed by atoms with E-state index in [9.17, 15) is 13.2 Å². The first-order valence-corrected chi connectivity index (χ1v) is 11.9. The molecule has 0 aliphatic carbocycles. The van der Waals surface area contributed by atoms with E-state index in [1.54, 1.807) is 19.1 Å². The minimum atomic E-state index is -3.84. The van der Waals surface area contributed by atoms with E-state index < -0.39 is 15.9 Å². The number of carbonyl (C=O) groups excluding carboxylic acids is 1. The molecule has 1 N–H and O–H groups in total. The van der Waals surface area contributed by atoms with Gasteiger partial charge in [0.15, 0.2) is 0 Å². The van der Waals surface area contributed by atoms with Gasteiger partial charge in [0.05, 0.1) is 18.6 Å². The molecule has 0 saturated carbocycles. The molecule has 1 heterocycles. The molecule has 1 aliphatic rings. The molecule has 0 spiro atoms. The highest BCUT2D eigenvalue weighted by atomic mass is 35.5. The average molecular weight is 451 g/mol. The highest BCUT2D eigenvalue weighted by molar-refractivity contribution is 7.89. The molecule has 3 rings (SSSR count). The molecular formula is C22H27ClN2O4S. The highest BCUT2D eigenvalue weighted by Gasteiger charge is 2.35. The first-order valence-electron chi connectivity index (χ1n) is 10.1. The average Bonchev–Trinajstić information content (AvgIpc) is 2.75. The van der Waals surface area contributed by atoms with Crippen LogP contribution in [0.4, 0.5) is 0 Å². The first-order chi connectivity index (χ1) is 14.3. The van der Waals surface area contributed by atoms with Crippen LogP contribution in [-0.2, 0) is 14.8 Å². The summed E-state index contributed by atoms with van der Waals surface area (Å²) in [6.07, 6.45) is 1.26. The Kier molecular flexibility index (Phi) is 7.39. The molecule has 0 aromatic heterocycles. The second-order valence-corrected chi connectivity index (χ2v) is 9.71. The number of carbonyl (C=O) groups is 1. The summed E-state index contributed by atoms with van der Waals surface area (Å²) in [6, 6.07) is 14.1. The zero-order valence-electron chi connectivity index (χ0n) is 17.2. The summed E-state index contributed by atoms with van der Waals surface area (Å²) in [6.45, 7) is 4.55. The van der Waals surface area contributed by atoms with Crippen LogP contribution in [0.1, 0.15) is 38.3 Å². The van der Waals surface area contributed by atoms with Gasteiger partial charge in [0.25, 0.3) is 0 Å². The summed E-state index contributed by atoms with van der Waals surface area (Å²) in [5.74, 6) is -0.275. The molecule has 30 heavy (non-hydrogen) atoms. The number of amides is 1. The Labute approximate surface area is 183 Å². The summed E-state index contributed by atoms with van der Waals surface area (Å²) in [5.41, 5.74) is 1.01. The second kappa shape index (κ2) is 9.81. The molecule has 1 fully saturated rings. The summed E-state index contributed by atoms with van der Waals surface area (Å²) in [4.78, 5) is 12.9. The lowest BCUT2D eigenvalue weighted by Gasteiger charge is -2.32. The number of ether oxygens (including phenoxy) is 1. The van der Waals surface area contributed by atoms with E-state index in [4.69, 9.17) is 16.3 Å². The van der Waals surface area contributed by atoms with Gasteiger partial charge >= 0.3 is 0 Å². The molecule has 1 saturated heterocycles. The van der Waals surface area contributed by atoms with Gasteiger partial charge in [0.1, 0.15) is 10.6 Å². The lowest BCUT2D eigenvalue weighted by molar-refractivity contribution is -0.126. The number of hydrogen-bond donors (Lipinski definition) is 1. The molecule has 0 unspecified atom stereocenters. The van der Waals surface area contributed by atoms with E-state index in [2.05, 4.69) is 5.32 Å². The number of nitrogens with zero attached hydrogens (tertiary/aromatic N) is 1. The van der Waals surface area contributed by atoms with Crippen LogP contribution >= 0.6 is 11.6 Å². The van der Waals surface area contributed by atoms with Crippen molar-refractivity contribution in [1.29, 1.82) is 0 Å². The third kappa shape index (κ3) is 5.14. The van der Waals surface area contributed by atoms with Crippen molar-refractivity contribution in [2.24, 2.45) is 5.92 Å². The zero-order chi connectivity index (χ0) is 21.7. The third-order valence-corrected chi connectivity index (χ3v) is 7.36. The monoisotopic (exact) mass is 450 g/mol. The van der Waals surface area contributed by atoms with Crippen molar-refractivity contribution < 1.29 is 17.9 Å². The predicted octanol–water partition coefficient (Wildman–Crippen LogP) is 4.02. The maximum absolute atomic E-state index is 13.3. The van der Waals surface area contributed by atoms with E-state index in [1.165, 1.54) is 10.4 Å². The number of nitrogens with one attached hydrogen (secondary N) is 1. The summed E-state index contributed by atoms with van der Waals surface area (Å²) >= 11 is 6.05. The van der Waals surface area contributed by atoms with Crippen LogP contribution in [0.2, 0.25) is 5.02 Å². The Hall–Kier alpha value is -2.09. The van der Waals surface area contributed by atoms with Crippen LogP contribution in [-0.4, -0.2) is 38.3 Å². The lowest BCUT2D eigenvalue weighted by Crippen LogP contribution is -2.45. The van der Waals surface area contributed by atoms with Gasteiger partial charge < -0.3 is 10.1 Å². The number of benzene rings is 2. The fourth-order valence-corrected chi connectivity index (χ4v) is 5.55. The van der Waals surface area contributed by atoms with E-state index >= 15 is 0 Å². The maximum atomic E-state index is 13.3. The van der Waals surface area contributed by atoms with Crippen molar-refractivity contribution in [3.63, 3.8) is 0 Å². The minimum Gasteiger partial charge on any atom is -0.492 e. The number of sulfonamides is 1. The zero-order valence-corrected chi connectivity index (χ0v) is 18.7. The van der Waals surface area contributed by atoms with Crippen LogP contribution in [0.25, 0.3) is 0 Å². The van der Waals surface area contributed by atoms with E-state index in [-0.39, 0.29) is 29.1 Å². The standard InChI is InChI=1S/C22H27ClN2O4S/c1-3-29-20-12-11-19(23)14-21(20)30(27,28)25-13-7-10-18(15-25)22(26)24-16(2)17-8-5-4-6-9-17/h4-6,8-9,11-12,14,16,18H,3,7,10,13,15H2,1-2H3,(H,24,26)/t16-,18-/m0/s1. The SMILES string of the molecule is CCOc1ccc(Cl)cc1S(=O)(=O)N1CCC[C@H](C(=O)N[C@@H](C)c2ccccc2)C1. The van der Waals surface area contributed by atoms with Crippen molar-refractivity contribution in [3.8, 4) is 5.75 Å². The van der Waals surface area contributed by atoms with Gasteiger partial charge in [0.2, 0.25) is 15.9 Å². The van der Waals surface area contributed by atoms with Crippen molar-refractivity contribution in [3.05, 3.63) is 59.1 Å². The van der Waals surface area contributed by atoms with Gasteiger partial charge in [-0.1, -0.05) is 41.9 Å². The molecule has 1 aliphatic heterocycles. The Balaban J connectivity index is 1.75. The van der Waals surface area contributed by atoms with Gasteiger partial charge in [-0.2, -0.15) is 4.31 Å². The largest absolute Gasteiger partial charge is 0.492 e. The van der Waals surface area contributed by atoms with Crippen LogP contribution in [0.5, 0.6) is 5.75 Å². The molecule has 2 atom stereocenters. The van der Waals surface area contributed by atoms with Crippen LogP contribution in [0.15, 0.2) is 53.4 Å². The van der Waals surface area contributed by atoms with Gasteiger partial charge in [-0.3, -0.25) is 4.79 Å². The number of rotatable bonds is 7. The third-order valence-electron chi connectivity index (χ3n) is 5.24. The number of piperidine rings is 1. The summed E-state index contributed by atoms with van der Waals surface area (Å²) in [7, 11) is -3.84. The molecule has 8 heteroatoms. The Bertz CT molecular complexity index is 982. The Morgan fingerprint density at radius 2 is 2.00 bits per heavy atom. The molecule has 0 radical (unpaired) electrons. The fourth-order valence-electron chi connectivity index (χ4n) is 3.63. The van der Waals surface area contributed by atoms with Crippen LogP contribution in [0.3, 0.4) is 0 Å². The van der Waals surface area contributed by atoms with Crippen LogP contribution in [0, 0.1) is 5.92 Å². The quantitative estimate of drug-likeness (QED) is 0.691. The molecule has 2 aromatic rings. The number of halogens is 1. The normalized spacial score (nSPS) is 18.6. The molecular weight excluding hydrogens is 424 g/mol. The molecule has 0 bridgehead atoms. The maximum Gasteiger partial charge on any atom is 0.246 e. The highest BCUT2D eigenvalue weighted by Crippen LogP contribution is 2.32. The second-order valence-electron chi connectivity index (χ2n) is 7.37. The number of hydrogen-bond acceptors (Lipinski definition) is 4. The molecule has 2 aromatic carbocycles. The fraction of sp³-hybridized carbons (Fsp3) is 0.409. The smallest absolute Gasteiger partial charge is 0.246 e. The van der Waals surface area contributed by atoms with Gasteiger partial charge in [-0.05, 0) is 50.5 Å². The minimum absolute atomic E-state index is 0.0376. The van der Waals surface area contributed by atoms with Gasteiger partial charge in [0, 0.05) is 18.1 Å². The van der Waals surface area contributed by atoms with Crippen molar-refractivity contribution in [1.82, 2.24) is 9.62 Å². The Morgan fingerprint density at radius 3 is 2.70 bits per heavy atom. The molecule has 1 amide bonds. The first kappa shape index (κ1) is 22.6. The Morgan fingerprint density at radius 1 is 1.27 bits per heavy atom. The van der Waals surface area contributed by atoms with E-state index in [0.717, 1.165) is 5.56 Å². The molecule has 6 nitrogen and oxygen atoms in total. The lowest BCUT2D eigenvalue weighted by atomic mass is 9.98. The van der Waals surface area contributed by atoms with Gasteiger partial charge in [-0.15, -0.1) is 0 Å². The van der Waals surface area contributed by atoms with E-state index in [0.29, 0.717) is 31.0 Å². The van der Waals surface area contributed by atoms with E-state index in [1.807, 2.05) is 37.3 Å². The predicted molar refractivity (Wildman–Crippen MR) is 117 cm³/mol. The van der Waals surface area contributed by atoms with Gasteiger partial charge in [-0.25, -0.2) is 8.42 Å². The van der Waals surface area contributed by atoms with Crippen LogP contribution < -0.4 is 10.1 Å². The summed E-state index contributed by atoms with van der Waals surface area (Å²) < 4.78 is 33.5. The van der Waals surface area contributed by atoms with Crippen molar-refractivity contribution >= 4 is 27.5 Å². The topological polar surface area (TPSA) is 75.7 Å². The van der Waals surface area contributed by atoms with Crippen molar-refractivity contribution in [2.75, 3.05) is 19.7 Å².